The van der Waals surface area contributed by atoms with Crippen LogP contribution >= 0.6 is 0 Å². The van der Waals surface area contributed by atoms with Gasteiger partial charge in [-0.05, 0) is 22.7 Å². The minimum absolute atomic E-state index is 0.160. The second-order valence-corrected chi connectivity index (χ2v) is 10.9. The molecular formula is C21H39F9. The third kappa shape index (κ3) is 19.3. The number of alkyl halides is 9. The van der Waals surface area contributed by atoms with Crippen molar-refractivity contribution in [1.82, 2.24) is 0 Å². The first-order valence-corrected chi connectivity index (χ1v) is 9.76. The summed E-state index contributed by atoms with van der Waals surface area (Å²) >= 11 is 0. The number of rotatable bonds is 1. The van der Waals surface area contributed by atoms with E-state index in [1.165, 1.54) is 6.92 Å². The van der Waals surface area contributed by atoms with Crippen LogP contribution in [0.25, 0.3) is 0 Å². The summed E-state index contributed by atoms with van der Waals surface area (Å²) in [6, 6.07) is 0. The molecule has 0 radical (unpaired) electrons. The summed E-state index contributed by atoms with van der Waals surface area (Å²) in [6.07, 6.45) is -12.7. The molecule has 0 heterocycles. The Morgan fingerprint density at radius 3 is 0.900 bits per heavy atom. The fourth-order valence-electron chi connectivity index (χ4n) is 2.43. The van der Waals surface area contributed by atoms with E-state index in [0.717, 1.165) is 0 Å². The van der Waals surface area contributed by atoms with Crippen LogP contribution in [0.2, 0.25) is 0 Å². The Morgan fingerprint density at radius 2 is 0.900 bits per heavy atom. The monoisotopic (exact) mass is 462 g/mol. The van der Waals surface area contributed by atoms with Gasteiger partial charge < -0.3 is 0 Å². The first-order chi connectivity index (χ1) is 12.6. The van der Waals surface area contributed by atoms with Gasteiger partial charge in [-0.2, -0.15) is 39.5 Å². The molecule has 0 nitrogen and oxygen atoms in total. The smallest absolute Gasteiger partial charge is 0.171 e. The number of hydrogen-bond acceptors (Lipinski definition) is 0. The molecule has 9 heteroatoms. The van der Waals surface area contributed by atoms with Crippen LogP contribution in [0.4, 0.5) is 39.5 Å². The molecule has 0 spiro atoms. The first kappa shape index (κ1) is 34.0. The lowest BCUT2D eigenvalue weighted by Crippen LogP contribution is -2.33. The van der Waals surface area contributed by atoms with Gasteiger partial charge in [-0.3, -0.25) is 0 Å². The van der Waals surface area contributed by atoms with Crippen LogP contribution in [0, 0.1) is 28.1 Å². The topological polar surface area (TPSA) is 0 Å². The molecule has 0 saturated carbocycles. The van der Waals surface area contributed by atoms with Crippen LogP contribution in [0.3, 0.4) is 0 Å². The third-order valence-electron chi connectivity index (χ3n) is 4.37. The van der Waals surface area contributed by atoms with Gasteiger partial charge in [0.2, 0.25) is 0 Å². The van der Waals surface area contributed by atoms with Crippen LogP contribution < -0.4 is 0 Å². The Kier molecular flexibility index (Phi) is 12.8. The van der Waals surface area contributed by atoms with Crippen molar-refractivity contribution in [2.45, 2.75) is 108 Å². The molecule has 0 aliphatic carbocycles. The SMILES string of the molecule is CC(C(C)(C)C)C(F)(F)F.CC(C)(C)CC(F)(F)F.CCC(C(C)(C)C)C(F)(F)F. The summed E-state index contributed by atoms with van der Waals surface area (Å²) in [6.45, 7) is 17.1. The molecule has 0 amide bonds. The van der Waals surface area contributed by atoms with Gasteiger partial charge in [0, 0.05) is 6.42 Å². The molecule has 0 N–H and O–H groups in total. The lowest BCUT2D eigenvalue weighted by atomic mass is 9.79. The summed E-state index contributed by atoms with van der Waals surface area (Å²) in [4.78, 5) is 0. The van der Waals surface area contributed by atoms with Gasteiger partial charge in [0.15, 0.2) is 0 Å². The van der Waals surface area contributed by atoms with Crippen molar-refractivity contribution < 1.29 is 39.5 Å². The zero-order valence-electron chi connectivity index (χ0n) is 20.0. The van der Waals surface area contributed by atoms with E-state index in [1.54, 1.807) is 69.2 Å². The minimum Gasteiger partial charge on any atom is -0.171 e. The summed E-state index contributed by atoms with van der Waals surface area (Å²) < 4.78 is 107. The molecule has 0 aromatic heterocycles. The molecule has 30 heavy (non-hydrogen) atoms. The summed E-state index contributed by atoms with van der Waals surface area (Å²) in [7, 11) is 0. The van der Waals surface area contributed by atoms with Crippen molar-refractivity contribution in [3.05, 3.63) is 0 Å². The van der Waals surface area contributed by atoms with Crippen molar-refractivity contribution in [3.63, 3.8) is 0 Å². The van der Waals surface area contributed by atoms with E-state index in [2.05, 4.69) is 0 Å². The van der Waals surface area contributed by atoms with Crippen molar-refractivity contribution in [2.75, 3.05) is 0 Å². The quantitative estimate of drug-likeness (QED) is 0.340. The van der Waals surface area contributed by atoms with Crippen molar-refractivity contribution in [2.24, 2.45) is 28.1 Å². The van der Waals surface area contributed by atoms with E-state index in [-0.39, 0.29) is 6.42 Å². The van der Waals surface area contributed by atoms with Crippen molar-refractivity contribution in [3.8, 4) is 0 Å². The Bertz CT molecular complexity index is 410. The molecule has 2 atom stereocenters. The van der Waals surface area contributed by atoms with Gasteiger partial charge in [0.05, 0.1) is 11.8 Å². The normalized spacial score (nSPS) is 16.0. The molecule has 186 valence electrons. The van der Waals surface area contributed by atoms with Crippen LogP contribution in [-0.2, 0) is 0 Å². The van der Waals surface area contributed by atoms with E-state index in [9.17, 15) is 39.5 Å². The van der Waals surface area contributed by atoms with E-state index >= 15 is 0 Å². The van der Waals surface area contributed by atoms with Crippen molar-refractivity contribution >= 4 is 0 Å². The van der Waals surface area contributed by atoms with Gasteiger partial charge in [0.1, 0.15) is 0 Å². The molecule has 0 aromatic rings. The highest BCUT2D eigenvalue weighted by Gasteiger charge is 2.45. The van der Waals surface area contributed by atoms with Gasteiger partial charge in [-0.1, -0.05) is 76.2 Å². The van der Waals surface area contributed by atoms with Crippen LogP contribution in [0.5, 0.6) is 0 Å². The second kappa shape index (κ2) is 11.3. The lowest BCUT2D eigenvalue weighted by Gasteiger charge is -2.31. The van der Waals surface area contributed by atoms with Crippen molar-refractivity contribution in [1.29, 1.82) is 0 Å². The first-order valence-electron chi connectivity index (χ1n) is 9.76. The van der Waals surface area contributed by atoms with Gasteiger partial charge >= 0.3 is 18.5 Å². The summed E-state index contributed by atoms with van der Waals surface area (Å²) in [5.41, 5.74) is -2.00. The highest BCUT2D eigenvalue weighted by molar-refractivity contribution is 4.78. The maximum absolute atomic E-state index is 12.2. The molecule has 0 fully saturated rings. The molecule has 0 bridgehead atoms. The fourth-order valence-corrected chi connectivity index (χ4v) is 2.43. The molecule has 0 aliphatic rings. The Balaban J connectivity index is -0.000000366. The van der Waals surface area contributed by atoms with Crippen LogP contribution in [0.15, 0.2) is 0 Å². The highest BCUT2D eigenvalue weighted by atomic mass is 19.4. The Hall–Kier alpha value is -0.630. The molecule has 0 aromatic carbocycles. The fraction of sp³-hybridized carbons (Fsp3) is 1.00. The van der Waals surface area contributed by atoms with E-state index in [1.807, 2.05) is 0 Å². The van der Waals surface area contributed by atoms with Gasteiger partial charge in [0.25, 0.3) is 0 Å². The van der Waals surface area contributed by atoms with E-state index in [0.29, 0.717) is 0 Å². The molecule has 0 aliphatic heterocycles. The average Bonchev–Trinajstić information content (AvgIpc) is 2.29. The standard InChI is InChI=1S/C8H15F3.C7H13F3.C6H11F3/c1-5-6(7(2,3)4)8(9,10)11;1-5(6(2,3)4)7(8,9)10;1-5(2,3)4-6(7,8)9/h6H,5H2,1-4H3;5H,1-4H3;4H2,1-3H3. The predicted octanol–water partition coefficient (Wildman–Crippen LogP) is 9.84. The van der Waals surface area contributed by atoms with E-state index in [4.69, 9.17) is 0 Å². The zero-order valence-corrected chi connectivity index (χ0v) is 20.0. The summed E-state index contributed by atoms with van der Waals surface area (Å²) in [5.74, 6) is -2.42. The number of hydrogen-bond donors (Lipinski definition) is 0. The number of halogens is 9. The third-order valence-corrected chi connectivity index (χ3v) is 4.37. The molecular weight excluding hydrogens is 423 g/mol. The van der Waals surface area contributed by atoms with Gasteiger partial charge in [-0.25, -0.2) is 0 Å². The largest absolute Gasteiger partial charge is 0.392 e. The van der Waals surface area contributed by atoms with Crippen LogP contribution in [-0.4, -0.2) is 18.5 Å². The average molecular weight is 463 g/mol. The van der Waals surface area contributed by atoms with Gasteiger partial charge in [-0.15, -0.1) is 0 Å². The maximum Gasteiger partial charge on any atom is 0.392 e. The minimum atomic E-state index is -4.06. The van der Waals surface area contributed by atoms with Crippen LogP contribution in [0.1, 0.15) is 89.0 Å². The Labute approximate surface area is 176 Å². The molecule has 0 saturated heterocycles. The summed E-state index contributed by atoms with van der Waals surface area (Å²) in [5, 5.41) is 0. The Morgan fingerprint density at radius 1 is 0.567 bits per heavy atom. The lowest BCUT2D eigenvalue weighted by molar-refractivity contribution is -0.201. The maximum atomic E-state index is 12.2. The highest BCUT2D eigenvalue weighted by Crippen LogP contribution is 2.41. The molecule has 0 rings (SSSR count). The zero-order chi connectivity index (χ0) is 25.6. The van der Waals surface area contributed by atoms with E-state index < -0.39 is 53.0 Å². The molecule has 2 unspecified atom stereocenters. The second-order valence-electron chi connectivity index (χ2n) is 10.9. The predicted molar refractivity (Wildman–Crippen MR) is 104 cm³/mol.